The van der Waals surface area contributed by atoms with E-state index in [0.717, 1.165) is 29.5 Å². The lowest BCUT2D eigenvalue weighted by Crippen LogP contribution is -2.59. The molecule has 3 aromatic carbocycles. The van der Waals surface area contributed by atoms with Crippen LogP contribution in [0.2, 0.25) is 0 Å². The second-order valence-electron chi connectivity index (χ2n) is 13.5. The number of nitrogens with zero attached hydrogens (tertiary/aromatic N) is 3. The highest BCUT2D eigenvalue weighted by molar-refractivity contribution is 5.98. The number of anilines is 1. The van der Waals surface area contributed by atoms with Gasteiger partial charge in [0.25, 0.3) is 0 Å². The highest BCUT2D eigenvalue weighted by atomic mass is 16.3. The molecule has 254 valence electrons. The topological polar surface area (TPSA) is 129 Å². The molecule has 0 aliphatic carbocycles. The summed E-state index contributed by atoms with van der Waals surface area (Å²) in [6.45, 7) is 8.01. The lowest BCUT2D eigenvalue weighted by Gasteiger charge is -2.37. The number of urea groups is 1. The van der Waals surface area contributed by atoms with E-state index >= 15 is 0 Å². The van der Waals surface area contributed by atoms with Crippen molar-refractivity contribution in [1.82, 2.24) is 25.3 Å². The zero-order valence-electron chi connectivity index (χ0n) is 28.7. The number of likely N-dealkylation sites (tertiary alicyclic amines) is 1. The molecule has 0 radical (unpaired) electrons. The fraction of sp³-hybridized carbons (Fsp3) is 0.333. The Hall–Kier alpha value is -5.56. The molecule has 0 saturated carbocycles. The van der Waals surface area contributed by atoms with Crippen LogP contribution in [0.4, 0.5) is 10.5 Å². The zero-order chi connectivity index (χ0) is 35.1. The van der Waals surface area contributed by atoms with E-state index < -0.39 is 23.7 Å². The number of hydrogen-bond donors (Lipinski definition) is 4. The van der Waals surface area contributed by atoms with Gasteiger partial charge in [-0.2, -0.15) is 5.10 Å². The lowest BCUT2D eigenvalue weighted by atomic mass is 9.98. The summed E-state index contributed by atoms with van der Waals surface area (Å²) in [6.07, 6.45) is 4.23. The Balaban J connectivity index is 1.29. The molecule has 1 aliphatic heterocycles. The van der Waals surface area contributed by atoms with Crippen molar-refractivity contribution in [2.24, 2.45) is 7.05 Å². The molecule has 1 aliphatic rings. The minimum absolute atomic E-state index is 0.139. The van der Waals surface area contributed by atoms with Gasteiger partial charge in [-0.05, 0) is 88.9 Å². The van der Waals surface area contributed by atoms with Crippen LogP contribution in [0.15, 0.2) is 79.0 Å². The third kappa shape index (κ3) is 9.29. The first-order valence-corrected chi connectivity index (χ1v) is 16.6. The maximum absolute atomic E-state index is 14.0. The maximum Gasteiger partial charge on any atom is 0.315 e. The molecule has 49 heavy (non-hydrogen) atoms. The van der Waals surface area contributed by atoms with Crippen LogP contribution >= 0.6 is 0 Å². The molecule has 1 aromatic heterocycles. The number of phenolic OH excluding ortho intramolecular Hbond substituents is 1. The first-order valence-electron chi connectivity index (χ1n) is 16.6. The van der Waals surface area contributed by atoms with E-state index in [1.165, 1.54) is 0 Å². The molecule has 1 saturated heterocycles. The molecule has 4 amide bonds. The summed E-state index contributed by atoms with van der Waals surface area (Å²) in [7, 11) is 1.81. The van der Waals surface area contributed by atoms with Crippen molar-refractivity contribution in [3.63, 3.8) is 0 Å². The number of hydrogen-bond acceptors (Lipinski definition) is 5. The third-order valence-corrected chi connectivity index (χ3v) is 8.19. The van der Waals surface area contributed by atoms with Crippen molar-refractivity contribution >= 4 is 23.5 Å². The zero-order valence-corrected chi connectivity index (χ0v) is 28.7. The first-order chi connectivity index (χ1) is 23.4. The summed E-state index contributed by atoms with van der Waals surface area (Å²) in [5.41, 5.74) is 4.65. The molecular weight excluding hydrogens is 616 g/mol. The van der Waals surface area contributed by atoms with Crippen LogP contribution < -0.4 is 16.0 Å². The maximum atomic E-state index is 14.0. The molecule has 0 spiro atoms. The highest BCUT2D eigenvalue weighted by Gasteiger charge is 2.36. The number of carbonyl (C=O) groups excluding carboxylic acids is 3. The minimum atomic E-state index is -0.841. The first kappa shape index (κ1) is 34.8. The Morgan fingerprint density at radius 3 is 2.45 bits per heavy atom. The Kier molecular flexibility index (Phi) is 10.7. The van der Waals surface area contributed by atoms with Gasteiger partial charge in [-0.3, -0.25) is 14.3 Å². The van der Waals surface area contributed by atoms with E-state index in [2.05, 4.69) is 32.9 Å². The minimum Gasteiger partial charge on any atom is -0.507 e. The summed E-state index contributed by atoms with van der Waals surface area (Å²) in [5, 5.41) is 23.7. The molecule has 2 atom stereocenters. The van der Waals surface area contributed by atoms with E-state index in [-0.39, 0.29) is 17.6 Å². The molecule has 4 N–H and O–H groups in total. The normalized spacial score (nSPS) is 15.0. The van der Waals surface area contributed by atoms with Crippen LogP contribution in [0.5, 0.6) is 5.75 Å². The summed E-state index contributed by atoms with van der Waals surface area (Å²) >= 11 is 0. The molecule has 10 nitrogen and oxygen atoms in total. The standard InChI is InChI=1S/C39H44N6O4/c1-26-14-21-34(46)31(23-26)35-29(25-44(5)43-35)18-15-27-16-19-30(20-17-27)40-36(47)33-13-9-10-22-45(33)37(48)32(24-28-11-7-6-8-12-28)41-38(49)42-39(2,3)4/h6-8,11-12,14,16-17,19-21,23,25,32-33,46H,9-10,13,22,24H2,1-5H3,(H,40,47)(H2,41,42,49)/t32-,33?/m0/s1. The molecule has 2 heterocycles. The summed E-state index contributed by atoms with van der Waals surface area (Å²) in [6, 6.07) is 20.2. The van der Waals surface area contributed by atoms with Crippen molar-refractivity contribution in [3.8, 4) is 28.8 Å². The monoisotopic (exact) mass is 660 g/mol. The number of aromatic hydroxyl groups is 1. The predicted octanol–water partition coefficient (Wildman–Crippen LogP) is 5.53. The summed E-state index contributed by atoms with van der Waals surface area (Å²) in [5.74, 6) is 5.90. The fourth-order valence-electron chi connectivity index (χ4n) is 5.87. The third-order valence-electron chi connectivity index (χ3n) is 8.19. The SMILES string of the molecule is Cc1ccc(O)c(-c2nn(C)cc2C#Cc2ccc(NC(=O)C3CCCCN3C(=O)[C@H](Cc3ccccc3)NC(=O)NC(C)(C)C)cc2)c1. The number of phenols is 1. The van der Waals surface area contributed by atoms with E-state index in [9.17, 15) is 19.5 Å². The largest absolute Gasteiger partial charge is 0.507 e. The van der Waals surface area contributed by atoms with Crippen molar-refractivity contribution in [3.05, 3.63) is 101 Å². The second-order valence-corrected chi connectivity index (χ2v) is 13.5. The second kappa shape index (κ2) is 15.1. The van der Waals surface area contributed by atoms with E-state index in [4.69, 9.17) is 0 Å². The predicted molar refractivity (Wildman–Crippen MR) is 191 cm³/mol. The number of nitrogens with one attached hydrogen (secondary N) is 3. The number of carbonyl (C=O) groups is 3. The van der Waals surface area contributed by atoms with Crippen LogP contribution in [0.3, 0.4) is 0 Å². The van der Waals surface area contributed by atoms with Gasteiger partial charge in [0.1, 0.15) is 23.5 Å². The molecule has 0 bridgehead atoms. The van der Waals surface area contributed by atoms with Crippen LogP contribution in [0.1, 0.15) is 62.3 Å². The lowest BCUT2D eigenvalue weighted by molar-refractivity contribution is -0.141. The van der Waals surface area contributed by atoms with Crippen molar-refractivity contribution in [2.45, 2.75) is 71.0 Å². The van der Waals surface area contributed by atoms with Crippen molar-refractivity contribution < 1.29 is 19.5 Å². The van der Waals surface area contributed by atoms with Crippen LogP contribution in [-0.4, -0.2) is 61.8 Å². The average Bonchev–Trinajstić information content (AvgIpc) is 3.44. The molecule has 10 heteroatoms. The molecule has 5 rings (SSSR count). The van der Waals surface area contributed by atoms with Gasteiger partial charge < -0.3 is 26.0 Å². The quantitative estimate of drug-likeness (QED) is 0.194. The Bertz CT molecular complexity index is 1870. The van der Waals surface area contributed by atoms with Gasteiger partial charge in [0.15, 0.2) is 0 Å². The van der Waals surface area contributed by atoms with Gasteiger partial charge in [-0.25, -0.2) is 4.79 Å². The molecular formula is C39H44N6O4. The Morgan fingerprint density at radius 1 is 1.00 bits per heavy atom. The number of benzene rings is 3. The number of amides is 4. The molecule has 4 aromatic rings. The average molecular weight is 661 g/mol. The van der Waals surface area contributed by atoms with Gasteiger partial charge in [0.05, 0.1) is 5.56 Å². The van der Waals surface area contributed by atoms with Crippen LogP contribution in [-0.2, 0) is 23.1 Å². The van der Waals surface area contributed by atoms with E-state index in [1.807, 2.05) is 95.5 Å². The number of rotatable bonds is 7. The summed E-state index contributed by atoms with van der Waals surface area (Å²) in [4.78, 5) is 42.1. The van der Waals surface area contributed by atoms with E-state index in [1.54, 1.807) is 27.8 Å². The van der Waals surface area contributed by atoms with Crippen LogP contribution in [0, 0.1) is 18.8 Å². The van der Waals surface area contributed by atoms with Crippen molar-refractivity contribution in [2.75, 3.05) is 11.9 Å². The molecule has 1 unspecified atom stereocenters. The van der Waals surface area contributed by atoms with Gasteiger partial charge in [0.2, 0.25) is 11.8 Å². The van der Waals surface area contributed by atoms with Crippen LogP contribution in [0.25, 0.3) is 11.3 Å². The highest BCUT2D eigenvalue weighted by Crippen LogP contribution is 2.31. The number of aryl methyl sites for hydroxylation is 2. The van der Waals surface area contributed by atoms with Gasteiger partial charge in [-0.1, -0.05) is 53.8 Å². The van der Waals surface area contributed by atoms with Gasteiger partial charge in [0, 0.05) is 48.6 Å². The summed E-state index contributed by atoms with van der Waals surface area (Å²) < 4.78 is 1.67. The fourth-order valence-corrected chi connectivity index (χ4v) is 5.87. The van der Waals surface area contributed by atoms with Gasteiger partial charge in [-0.15, -0.1) is 0 Å². The molecule has 1 fully saturated rings. The van der Waals surface area contributed by atoms with E-state index in [0.29, 0.717) is 41.9 Å². The van der Waals surface area contributed by atoms with Gasteiger partial charge >= 0.3 is 6.03 Å². The Labute approximate surface area is 287 Å². The number of aromatic nitrogens is 2. The van der Waals surface area contributed by atoms with Crippen molar-refractivity contribution in [1.29, 1.82) is 0 Å². The Morgan fingerprint density at radius 2 is 1.73 bits per heavy atom. The number of piperidine rings is 1. The smallest absolute Gasteiger partial charge is 0.315 e.